The number of hydrogen-bond acceptors (Lipinski definition) is 6. The molecule has 0 aliphatic rings. The van der Waals surface area contributed by atoms with E-state index in [2.05, 4.69) is 24.5 Å². The minimum absolute atomic E-state index is 0.201. The summed E-state index contributed by atoms with van der Waals surface area (Å²) in [4.78, 5) is 58.1. The number of alkyl carbamates (subject to hydrolysis) is 1. The molecule has 0 bridgehead atoms. The van der Waals surface area contributed by atoms with Crippen molar-refractivity contribution in [3.05, 3.63) is 70.8 Å². The summed E-state index contributed by atoms with van der Waals surface area (Å²) in [5.74, 6) is -1.45. The number of esters is 1. The highest BCUT2D eigenvalue weighted by Gasteiger charge is 2.42. The Labute approximate surface area is 294 Å². The lowest BCUT2D eigenvalue weighted by Crippen LogP contribution is -2.58. The molecule has 4 atom stereocenters. The number of carbonyl (C=O) groups is 4. The lowest BCUT2D eigenvalue weighted by molar-refractivity contribution is -0.159. The van der Waals surface area contributed by atoms with Crippen LogP contribution in [-0.4, -0.2) is 58.1 Å². The van der Waals surface area contributed by atoms with E-state index in [-0.39, 0.29) is 12.3 Å². The molecule has 0 aliphatic carbocycles. The fraction of sp³-hybridized carbons (Fsp3) is 0.600. The van der Waals surface area contributed by atoms with Gasteiger partial charge >= 0.3 is 12.1 Å². The maximum Gasteiger partial charge on any atom is 0.408 e. The molecule has 0 radical (unpaired) electrons. The second kappa shape index (κ2) is 17.7. The quantitative estimate of drug-likeness (QED) is 0.199. The highest BCUT2D eigenvalue weighted by atomic mass is 16.6. The van der Waals surface area contributed by atoms with Crippen molar-refractivity contribution in [1.29, 1.82) is 0 Å². The van der Waals surface area contributed by atoms with E-state index in [1.807, 2.05) is 83.1 Å². The summed E-state index contributed by atoms with van der Waals surface area (Å²) in [7, 11) is 0. The number of amides is 3. The molecule has 0 saturated carbocycles. The molecular formula is C40H61N3O6. The molecule has 9 nitrogen and oxygen atoms in total. The van der Waals surface area contributed by atoms with Crippen molar-refractivity contribution in [3.63, 3.8) is 0 Å². The predicted molar refractivity (Wildman–Crippen MR) is 195 cm³/mol. The zero-order valence-electron chi connectivity index (χ0n) is 32.1. The molecule has 0 saturated heterocycles. The number of aryl methyl sites for hydroxylation is 2. The van der Waals surface area contributed by atoms with Crippen LogP contribution in [0.5, 0.6) is 0 Å². The third-order valence-corrected chi connectivity index (χ3v) is 8.13. The molecule has 2 aromatic carbocycles. The van der Waals surface area contributed by atoms with Crippen molar-refractivity contribution in [3.8, 4) is 0 Å². The Bertz CT molecular complexity index is 1390. The van der Waals surface area contributed by atoms with Gasteiger partial charge in [-0.05, 0) is 109 Å². The zero-order chi connectivity index (χ0) is 37.3. The van der Waals surface area contributed by atoms with Crippen LogP contribution in [0.3, 0.4) is 0 Å². The number of nitrogens with one attached hydrogen (secondary N) is 2. The molecule has 0 spiro atoms. The third-order valence-electron chi connectivity index (χ3n) is 8.13. The van der Waals surface area contributed by atoms with E-state index in [4.69, 9.17) is 9.47 Å². The summed E-state index contributed by atoms with van der Waals surface area (Å²) >= 11 is 0. The van der Waals surface area contributed by atoms with Gasteiger partial charge in [-0.1, -0.05) is 76.2 Å². The van der Waals surface area contributed by atoms with E-state index < -0.39 is 59.2 Å². The van der Waals surface area contributed by atoms with E-state index in [0.29, 0.717) is 17.9 Å². The number of ether oxygens (including phenoxy) is 2. The summed E-state index contributed by atoms with van der Waals surface area (Å²) in [6, 6.07) is 11.7. The Morgan fingerprint density at radius 3 is 1.78 bits per heavy atom. The molecular weight excluding hydrogens is 618 g/mol. The molecule has 3 amide bonds. The summed E-state index contributed by atoms with van der Waals surface area (Å²) in [6.45, 7) is 24.3. The highest BCUT2D eigenvalue weighted by molar-refractivity contribution is 5.94. The first-order valence-corrected chi connectivity index (χ1v) is 17.6. The van der Waals surface area contributed by atoms with Crippen LogP contribution in [0.15, 0.2) is 48.5 Å². The maximum atomic E-state index is 14.9. The van der Waals surface area contributed by atoms with Crippen molar-refractivity contribution in [2.45, 2.75) is 145 Å². The molecule has 49 heavy (non-hydrogen) atoms. The Morgan fingerprint density at radius 1 is 0.735 bits per heavy atom. The minimum atomic E-state index is -1.11. The first-order chi connectivity index (χ1) is 22.6. The SMILES string of the molecule is Cc1cccc(C)c1C(C(=O)NC(Cc1ccccc1)C(=O)OC(C)(C)C)N(C(=O)C(NC(=O)OC(C)(C)C)C(C)C)C(C)CCC(C)C. The molecule has 0 fully saturated rings. The van der Waals surface area contributed by atoms with Crippen LogP contribution >= 0.6 is 0 Å². The molecule has 0 heterocycles. The molecule has 0 aromatic heterocycles. The van der Waals surface area contributed by atoms with Crippen molar-refractivity contribution < 1.29 is 28.7 Å². The molecule has 0 aliphatic heterocycles. The largest absolute Gasteiger partial charge is 0.458 e. The number of benzene rings is 2. The lowest BCUT2D eigenvalue weighted by atomic mass is 9.90. The molecule has 2 N–H and O–H groups in total. The Morgan fingerprint density at radius 2 is 1.29 bits per heavy atom. The average molecular weight is 680 g/mol. The van der Waals surface area contributed by atoms with Crippen molar-refractivity contribution in [2.75, 3.05) is 0 Å². The Kier molecular flexibility index (Phi) is 14.9. The fourth-order valence-electron chi connectivity index (χ4n) is 5.74. The smallest absolute Gasteiger partial charge is 0.408 e. The monoisotopic (exact) mass is 679 g/mol. The summed E-state index contributed by atoms with van der Waals surface area (Å²) in [5.41, 5.74) is 1.62. The normalized spacial score (nSPS) is 14.4. The second-order valence-electron chi connectivity index (χ2n) is 15.9. The van der Waals surface area contributed by atoms with Crippen molar-refractivity contribution in [1.82, 2.24) is 15.5 Å². The van der Waals surface area contributed by atoms with Crippen LogP contribution in [-0.2, 0) is 30.3 Å². The van der Waals surface area contributed by atoms with Crippen LogP contribution in [0.25, 0.3) is 0 Å². The van der Waals surface area contributed by atoms with E-state index in [0.717, 1.165) is 23.1 Å². The van der Waals surface area contributed by atoms with Crippen LogP contribution in [0.2, 0.25) is 0 Å². The molecule has 9 heteroatoms. The van der Waals surface area contributed by atoms with Crippen LogP contribution < -0.4 is 10.6 Å². The highest BCUT2D eigenvalue weighted by Crippen LogP contribution is 2.33. The van der Waals surface area contributed by atoms with Crippen molar-refractivity contribution >= 4 is 23.9 Å². The number of carbonyl (C=O) groups excluding carboxylic acids is 4. The molecule has 272 valence electrons. The third kappa shape index (κ3) is 13.2. The van der Waals surface area contributed by atoms with Gasteiger partial charge in [0.25, 0.3) is 0 Å². The number of nitrogens with zero attached hydrogens (tertiary/aromatic N) is 1. The standard InChI is InChI=1S/C40H61N3O6/c1-25(2)22-23-29(7)43(36(45)33(26(3)4)42-38(47)49-40(11,12)13)34(32-27(5)18-17-19-28(32)6)35(44)41-31(37(46)48-39(8,9)10)24-30-20-15-14-16-21-30/h14-21,25-26,29,31,33-34H,22-24H2,1-13H3,(H,41,44)(H,42,47). The van der Waals surface area contributed by atoms with Gasteiger partial charge in [0.1, 0.15) is 29.3 Å². The van der Waals surface area contributed by atoms with Crippen molar-refractivity contribution in [2.24, 2.45) is 11.8 Å². The van der Waals surface area contributed by atoms with Gasteiger partial charge < -0.3 is 25.0 Å². The van der Waals surface area contributed by atoms with E-state index in [9.17, 15) is 19.2 Å². The van der Waals surface area contributed by atoms with Gasteiger partial charge in [0.15, 0.2) is 0 Å². The summed E-state index contributed by atoms with van der Waals surface area (Å²) in [5, 5.41) is 5.82. The Hall–Kier alpha value is -3.88. The number of rotatable bonds is 14. The first kappa shape index (κ1) is 41.3. The van der Waals surface area contributed by atoms with Gasteiger partial charge in [0.05, 0.1) is 0 Å². The lowest BCUT2D eigenvalue weighted by Gasteiger charge is -2.41. The van der Waals surface area contributed by atoms with Crippen LogP contribution in [0.1, 0.15) is 117 Å². The minimum Gasteiger partial charge on any atom is -0.458 e. The van der Waals surface area contributed by atoms with E-state index in [1.165, 1.54) is 0 Å². The Balaban J connectivity index is 2.77. The fourth-order valence-corrected chi connectivity index (χ4v) is 5.74. The van der Waals surface area contributed by atoms with E-state index >= 15 is 0 Å². The van der Waals surface area contributed by atoms with Crippen LogP contribution in [0.4, 0.5) is 4.79 Å². The topological polar surface area (TPSA) is 114 Å². The molecule has 2 rings (SSSR count). The van der Waals surface area contributed by atoms with Crippen LogP contribution in [0, 0.1) is 25.7 Å². The average Bonchev–Trinajstić information content (AvgIpc) is 2.96. The van der Waals surface area contributed by atoms with Gasteiger partial charge in [-0.25, -0.2) is 9.59 Å². The van der Waals surface area contributed by atoms with Gasteiger partial charge in [-0.2, -0.15) is 0 Å². The predicted octanol–water partition coefficient (Wildman–Crippen LogP) is 7.62. The maximum absolute atomic E-state index is 14.9. The van der Waals surface area contributed by atoms with E-state index in [1.54, 1.807) is 46.4 Å². The first-order valence-electron chi connectivity index (χ1n) is 17.6. The number of hydrogen-bond donors (Lipinski definition) is 2. The zero-order valence-corrected chi connectivity index (χ0v) is 32.1. The second-order valence-corrected chi connectivity index (χ2v) is 15.9. The molecule has 2 aromatic rings. The van der Waals surface area contributed by atoms with Gasteiger partial charge in [-0.3, -0.25) is 9.59 Å². The van der Waals surface area contributed by atoms with Gasteiger partial charge in [0.2, 0.25) is 11.8 Å². The summed E-state index contributed by atoms with van der Waals surface area (Å²) in [6.07, 6.45) is 0.920. The summed E-state index contributed by atoms with van der Waals surface area (Å²) < 4.78 is 11.3. The van der Waals surface area contributed by atoms with Gasteiger partial charge in [-0.15, -0.1) is 0 Å². The van der Waals surface area contributed by atoms with Gasteiger partial charge in [0, 0.05) is 12.5 Å². The molecule has 4 unspecified atom stereocenters.